The highest BCUT2D eigenvalue weighted by atomic mass is 16.5. The summed E-state index contributed by atoms with van der Waals surface area (Å²) >= 11 is 0. The highest BCUT2D eigenvalue weighted by molar-refractivity contribution is 5.07. The van der Waals surface area contributed by atoms with Crippen LogP contribution in [0.4, 0.5) is 0 Å². The fraction of sp³-hybridized carbons (Fsp3) is 0.600. The average molecular weight is 182 g/mol. The summed E-state index contributed by atoms with van der Waals surface area (Å²) in [5, 5.41) is 17.0. The Morgan fingerprint density at radius 1 is 1.31 bits per heavy atom. The van der Waals surface area contributed by atoms with Crippen LogP contribution < -0.4 is 0 Å². The molecule has 0 aromatic heterocycles. The fourth-order valence-electron chi connectivity index (χ4n) is 0.853. The maximum atomic E-state index is 9.36. The molecule has 1 fully saturated rings. The molecule has 0 spiro atoms. The SMILES string of the molecule is C#CC1(O)CCOCC1.C#CCO. The van der Waals surface area contributed by atoms with Crippen LogP contribution in [-0.4, -0.2) is 35.6 Å². The lowest BCUT2D eigenvalue weighted by Crippen LogP contribution is -2.34. The predicted octanol–water partition coefficient (Wildman–Crippen LogP) is -0.227. The van der Waals surface area contributed by atoms with Crippen molar-refractivity contribution in [3.05, 3.63) is 0 Å². The van der Waals surface area contributed by atoms with E-state index in [0.29, 0.717) is 26.1 Å². The minimum Gasteiger partial charge on any atom is -0.384 e. The van der Waals surface area contributed by atoms with Crippen molar-refractivity contribution in [2.24, 2.45) is 0 Å². The molecule has 0 amide bonds. The van der Waals surface area contributed by atoms with Gasteiger partial charge in [-0.2, -0.15) is 0 Å². The quantitative estimate of drug-likeness (QED) is 0.509. The molecule has 0 aliphatic carbocycles. The normalized spacial score (nSPS) is 18.8. The first kappa shape index (κ1) is 12.0. The summed E-state index contributed by atoms with van der Waals surface area (Å²) in [6.07, 6.45) is 10.8. The van der Waals surface area contributed by atoms with Gasteiger partial charge in [-0.1, -0.05) is 11.8 Å². The molecular formula is C10H14O3. The summed E-state index contributed by atoms with van der Waals surface area (Å²) in [5.74, 6) is 4.34. The average Bonchev–Trinajstić information content (AvgIpc) is 2.20. The Morgan fingerprint density at radius 3 is 2.00 bits per heavy atom. The number of aliphatic hydroxyl groups excluding tert-OH is 1. The monoisotopic (exact) mass is 182 g/mol. The van der Waals surface area contributed by atoms with Gasteiger partial charge in [-0.05, 0) is 0 Å². The fourth-order valence-corrected chi connectivity index (χ4v) is 0.853. The third-order valence-corrected chi connectivity index (χ3v) is 1.68. The van der Waals surface area contributed by atoms with Gasteiger partial charge in [-0.25, -0.2) is 0 Å². The van der Waals surface area contributed by atoms with Crippen LogP contribution >= 0.6 is 0 Å². The van der Waals surface area contributed by atoms with E-state index < -0.39 is 5.60 Å². The number of rotatable bonds is 0. The van der Waals surface area contributed by atoms with E-state index in [-0.39, 0.29) is 6.61 Å². The number of terminal acetylenes is 2. The second-order valence-corrected chi connectivity index (χ2v) is 2.65. The predicted molar refractivity (Wildman–Crippen MR) is 49.8 cm³/mol. The number of aliphatic hydroxyl groups is 2. The Bertz CT molecular complexity index is 203. The van der Waals surface area contributed by atoms with Gasteiger partial charge < -0.3 is 14.9 Å². The van der Waals surface area contributed by atoms with Crippen LogP contribution in [0.1, 0.15) is 12.8 Å². The van der Waals surface area contributed by atoms with E-state index in [2.05, 4.69) is 12.3 Å². The van der Waals surface area contributed by atoms with Gasteiger partial charge in [0.2, 0.25) is 0 Å². The van der Waals surface area contributed by atoms with Crippen molar-refractivity contribution in [2.45, 2.75) is 18.4 Å². The van der Waals surface area contributed by atoms with Gasteiger partial charge >= 0.3 is 0 Å². The standard InChI is InChI=1S/C7H10O2.C3H4O/c1-2-7(8)3-5-9-6-4-7;1-2-3-4/h1,8H,3-6H2;1,4H,3H2. The van der Waals surface area contributed by atoms with Crippen LogP contribution in [0.25, 0.3) is 0 Å². The topological polar surface area (TPSA) is 49.7 Å². The van der Waals surface area contributed by atoms with Gasteiger partial charge in [-0.15, -0.1) is 12.8 Å². The van der Waals surface area contributed by atoms with Crippen LogP contribution in [0.15, 0.2) is 0 Å². The molecule has 1 aliphatic heterocycles. The van der Waals surface area contributed by atoms with E-state index in [9.17, 15) is 5.11 Å². The molecule has 2 N–H and O–H groups in total. The first-order chi connectivity index (χ1) is 6.18. The van der Waals surface area contributed by atoms with Crippen LogP contribution in [0.3, 0.4) is 0 Å². The lowest BCUT2D eigenvalue weighted by Gasteiger charge is -2.26. The van der Waals surface area contributed by atoms with Gasteiger partial charge in [0.25, 0.3) is 0 Å². The molecule has 0 bridgehead atoms. The van der Waals surface area contributed by atoms with E-state index in [1.807, 2.05) is 5.92 Å². The second-order valence-electron chi connectivity index (χ2n) is 2.65. The van der Waals surface area contributed by atoms with Crippen molar-refractivity contribution in [1.29, 1.82) is 0 Å². The van der Waals surface area contributed by atoms with Crippen LogP contribution in [0.5, 0.6) is 0 Å². The van der Waals surface area contributed by atoms with Gasteiger partial charge in [0.05, 0.1) is 13.2 Å². The van der Waals surface area contributed by atoms with E-state index in [1.54, 1.807) is 0 Å². The maximum absolute atomic E-state index is 9.36. The molecule has 1 heterocycles. The summed E-state index contributed by atoms with van der Waals surface area (Å²) in [4.78, 5) is 0. The third kappa shape index (κ3) is 5.27. The lowest BCUT2D eigenvalue weighted by molar-refractivity contribution is -0.0261. The summed E-state index contributed by atoms with van der Waals surface area (Å²) in [6.45, 7) is 1.02. The molecule has 72 valence electrons. The minimum absolute atomic E-state index is 0.153. The van der Waals surface area contributed by atoms with E-state index >= 15 is 0 Å². The smallest absolute Gasteiger partial charge is 0.129 e. The summed E-state index contributed by atoms with van der Waals surface area (Å²) < 4.78 is 5.01. The zero-order chi connectivity index (χ0) is 10.2. The van der Waals surface area contributed by atoms with Crippen molar-refractivity contribution in [2.75, 3.05) is 19.8 Å². The highest BCUT2D eigenvalue weighted by Crippen LogP contribution is 2.18. The second kappa shape index (κ2) is 6.51. The van der Waals surface area contributed by atoms with Gasteiger partial charge in [0, 0.05) is 12.8 Å². The third-order valence-electron chi connectivity index (χ3n) is 1.68. The zero-order valence-electron chi connectivity index (χ0n) is 7.49. The summed E-state index contributed by atoms with van der Waals surface area (Å²) in [6, 6.07) is 0. The van der Waals surface area contributed by atoms with E-state index in [0.717, 1.165) is 0 Å². The Labute approximate surface area is 78.7 Å². The Hall–Kier alpha value is -1.00. The number of ether oxygens (including phenoxy) is 1. The van der Waals surface area contributed by atoms with Gasteiger partial charge in [-0.3, -0.25) is 0 Å². The maximum Gasteiger partial charge on any atom is 0.129 e. The van der Waals surface area contributed by atoms with Gasteiger partial charge in [0.15, 0.2) is 0 Å². The Morgan fingerprint density at radius 2 is 1.77 bits per heavy atom. The molecule has 0 saturated carbocycles. The van der Waals surface area contributed by atoms with Gasteiger partial charge in [0.1, 0.15) is 12.2 Å². The molecule has 3 nitrogen and oxygen atoms in total. The molecular weight excluding hydrogens is 168 g/mol. The molecule has 0 radical (unpaired) electrons. The lowest BCUT2D eigenvalue weighted by atomic mass is 9.96. The molecule has 0 aromatic rings. The van der Waals surface area contributed by atoms with E-state index in [4.69, 9.17) is 16.3 Å². The Kier molecular flexibility index (Phi) is 6.01. The zero-order valence-corrected chi connectivity index (χ0v) is 7.49. The van der Waals surface area contributed by atoms with Crippen molar-refractivity contribution in [3.8, 4) is 24.7 Å². The Balaban J connectivity index is 0.000000310. The molecule has 1 aliphatic rings. The van der Waals surface area contributed by atoms with Crippen LogP contribution in [-0.2, 0) is 4.74 Å². The largest absolute Gasteiger partial charge is 0.384 e. The number of hydrogen-bond donors (Lipinski definition) is 2. The van der Waals surface area contributed by atoms with Crippen molar-refractivity contribution in [1.82, 2.24) is 0 Å². The van der Waals surface area contributed by atoms with Crippen LogP contribution in [0.2, 0.25) is 0 Å². The molecule has 13 heavy (non-hydrogen) atoms. The highest BCUT2D eigenvalue weighted by Gasteiger charge is 2.26. The molecule has 0 aromatic carbocycles. The van der Waals surface area contributed by atoms with Crippen LogP contribution in [0, 0.1) is 24.7 Å². The first-order valence-electron chi connectivity index (χ1n) is 4.01. The number of hydrogen-bond acceptors (Lipinski definition) is 3. The molecule has 1 saturated heterocycles. The van der Waals surface area contributed by atoms with Crippen molar-refractivity contribution < 1.29 is 14.9 Å². The molecule has 1 rings (SSSR count). The summed E-state index contributed by atoms with van der Waals surface area (Å²) in [5.41, 5.74) is -0.877. The van der Waals surface area contributed by atoms with Crippen molar-refractivity contribution >= 4 is 0 Å². The molecule has 0 unspecified atom stereocenters. The molecule has 0 atom stereocenters. The molecule has 3 heteroatoms. The first-order valence-corrected chi connectivity index (χ1v) is 4.01. The summed E-state index contributed by atoms with van der Waals surface area (Å²) in [7, 11) is 0. The minimum atomic E-state index is -0.877. The van der Waals surface area contributed by atoms with Crippen molar-refractivity contribution in [3.63, 3.8) is 0 Å². The van der Waals surface area contributed by atoms with E-state index in [1.165, 1.54) is 0 Å².